The number of ketones is 1. The molecule has 0 saturated heterocycles. The average Bonchev–Trinajstić information content (AvgIpc) is 2.59. The molecule has 0 amide bonds. The van der Waals surface area contributed by atoms with E-state index in [4.69, 9.17) is 4.74 Å². The van der Waals surface area contributed by atoms with Crippen molar-refractivity contribution in [2.75, 3.05) is 0 Å². The Balaban J connectivity index is 2.16. The van der Waals surface area contributed by atoms with Crippen LogP contribution in [0.3, 0.4) is 0 Å². The van der Waals surface area contributed by atoms with E-state index >= 15 is 0 Å². The van der Waals surface area contributed by atoms with E-state index in [1.807, 2.05) is 12.1 Å². The largest absolute Gasteiger partial charge is 0.490 e. The van der Waals surface area contributed by atoms with Crippen molar-refractivity contribution in [3.63, 3.8) is 0 Å². The first-order chi connectivity index (χ1) is 7.25. The molecule has 3 rings (SSSR count). The van der Waals surface area contributed by atoms with Crippen molar-refractivity contribution in [3.05, 3.63) is 28.8 Å². The zero-order valence-electron chi connectivity index (χ0n) is 8.88. The summed E-state index contributed by atoms with van der Waals surface area (Å²) < 4.78 is 5.70. The predicted octanol–water partition coefficient (Wildman–Crippen LogP) is 2.53. The smallest absolute Gasteiger partial charge is 0.163 e. The number of benzene rings is 1. The van der Waals surface area contributed by atoms with Gasteiger partial charge >= 0.3 is 0 Å². The lowest BCUT2D eigenvalue weighted by atomic mass is 9.86. The average molecular weight is 202 g/mol. The Hall–Kier alpha value is -1.31. The van der Waals surface area contributed by atoms with Gasteiger partial charge in [-0.15, -0.1) is 0 Å². The molecule has 0 N–H and O–H groups in total. The Morgan fingerprint density at radius 2 is 2.13 bits per heavy atom. The third kappa shape index (κ3) is 1.28. The van der Waals surface area contributed by atoms with Gasteiger partial charge in [0.1, 0.15) is 11.9 Å². The number of hydrogen-bond acceptors (Lipinski definition) is 2. The summed E-state index contributed by atoms with van der Waals surface area (Å²) in [5.41, 5.74) is 3.49. The van der Waals surface area contributed by atoms with Crippen LogP contribution in [0.15, 0.2) is 12.1 Å². The van der Waals surface area contributed by atoms with Crippen molar-refractivity contribution in [1.82, 2.24) is 0 Å². The molecule has 1 heterocycles. The molecule has 0 spiro atoms. The number of ether oxygens (including phenoxy) is 1. The molecule has 0 saturated carbocycles. The topological polar surface area (TPSA) is 26.3 Å². The minimum atomic E-state index is 0.267. The second kappa shape index (κ2) is 3.09. The van der Waals surface area contributed by atoms with Gasteiger partial charge in [0, 0.05) is 24.0 Å². The van der Waals surface area contributed by atoms with E-state index in [-0.39, 0.29) is 6.10 Å². The number of carbonyl (C=O) groups is 1. The number of hydrogen-bond donors (Lipinski definition) is 0. The maximum absolute atomic E-state index is 11.7. The van der Waals surface area contributed by atoms with Crippen LogP contribution < -0.4 is 4.74 Å². The number of rotatable bonds is 0. The molecule has 0 fully saturated rings. The normalized spacial score (nSPS) is 23.3. The van der Waals surface area contributed by atoms with Gasteiger partial charge in [0.25, 0.3) is 0 Å². The molecule has 15 heavy (non-hydrogen) atoms. The van der Waals surface area contributed by atoms with Crippen LogP contribution in [0.4, 0.5) is 0 Å². The fraction of sp³-hybridized carbons (Fsp3) is 0.462. The Morgan fingerprint density at radius 3 is 3.00 bits per heavy atom. The zero-order chi connectivity index (χ0) is 10.4. The van der Waals surface area contributed by atoms with Crippen molar-refractivity contribution in [1.29, 1.82) is 0 Å². The highest BCUT2D eigenvalue weighted by molar-refractivity contribution is 5.99. The van der Waals surface area contributed by atoms with Crippen LogP contribution in [0.2, 0.25) is 0 Å². The Labute approximate surface area is 89.2 Å². The first-order valence-corrected chi connectivity index (χ1v) is 5.60. The second-order valence-corrected chi connectivity index (χ2v) is 4.48. The monoisotopic (exact) mass is 202 g/mol. The minimum absolute atomic E-state index is 0.267. The fourth-order valence-electron chi connectivity index (χ4n) is 2.66. The van der Waals surface area contributed by atoms with Crippen LogP contribution in [0, 0.1) is 0 Å². The van der Waals surface area contributed by atoms with Crippen molar-refractivity contribution in [2.45, 2.75) is 38.7 Å². The van der Waals surface area contributed by atoms with E-state index in [0.29, 0.717) is 12.2 Å². The van der Waals surface area contributed by atoms with Gasteiger partial charge < -0.3 is 4.74 Å². The molecule has 1 unspecified atom stereocenters. The Morgan fingerprint density at radius 1 is 1.27 bits per heavy atom. The molecule has 1 aliphatic heterocycles. The molecule has 78 valence electrons. The lowest BCUT2D eigenvalue weighted by Crippen LogP contribution is -2.12. The molecule has 2 aliphatic rings. The fourth-order valence-corrected chi connectivity index (χ4v) is 2.66. The van der Waals surface area contributed by atoms with Crippen LogP contribution in [0.25, 0.3) is 0 Å². The third-order valence-electron chi connectivity index (χ3n) is 3.34. The molecule has 2 heteroatoms. The molecular weight excluding hydrogens is 188 g/mol. The highest BCUT2D eigenvalue weighted by Gasteiger charge is 2.27. The number of Topliss-reactive ketones (excluding diaryl/α,β-unsaturated/α-hetero) is 1. The number of carbonyl (C=O) groups excluding carboxylic acids is 1. The van der Waals surface area contributed by atoms with E-state index in [1.165, 1.54) is 11.1 Å². The van der Waals surface area contributed by atoms with Gasteiger partial charge in [0.2, 0.25) is 0 Å². The van der Waals surface area contributed by atoms with Crippen LogP contribution >= 0.6 is 0 Å². The zero-order valence-corrected chi connectivity index (χ0v) is 8.88. The molecule has 0 radical (unpaired) electrons. The molecular formula is C13H14O2. The summed E-state index contributed by atoms with van der Waals surface area (Å²) in [5, 5.41) is 0. The van der Waals surface area contributed by atoms with Crippen molar-refractivity contribution in [3.8, 4) is 5.75 Å². The lowest BCUT2D eigenvalue weighted by molar-refractivity contribution is 0.0972. The van der Waals surface area contributed by atoms with Gasteiger partial charge in [-0.1, -0.05) is 0 Å². The molecule has 0 aromatic heterocycles. The van der Waals surface area contributed by atoms with E-state index in [2.05, 4.69) is 6.92 Å². The summed E-state index contributed by atoms with van der Waals surface area (Å²) in [6.45, 7) is 2.08. The Bertz CT molecular complexity index is 434. The summed E-state index contributed by atoms with van der Waals surface area (Å²) in [4.78, 5) is 11.7. The van der Waals surface area contributed by atoms with E-state index < -0.39 is 0 Å². The molecule has 1 aromatic rings. The molecule has 0 bridgehead atoms. The second-order valence-electron chi connectivity index (χ2n) is 4.48. The van der Waals surface area contributed by atoms with E-state index in [0.717, 1.165) is 30.6 Å². The summed E-state index contributed by atoms with van der Waals surface area (Å²) in [6, 6.07) is 3.90. The van der Waals surface area contributed by atoms with Crippen molar-refractivity contribution < 1.29 is 9.53 Å². The molecule has 1 atom stereocenters. The summed E-state index contributed by atoms with van der Waals surface area (Å²) >= 11 is 0. The van der Waals surface area contributed by atoms with E-state index in [1.54, 1.807) is 0 Å². The van der Waals surface area contributed by atoms with Gasteiger partial charge in [0.05, 0.1) is 0 Å². The Kier molecular flexibility index (Phi) is 1.84. The predicted molar refractivity (Wildman–Crippen MR) is 57.5 cm³/mol. The molecule has 2 nitrogen and oxygen atoms in total. The maximum atomic E-state index is 11.7. The third-order valence-corrected chi connectivity index (χ3v) is 3.34. The first-order valence-electron chi connectivity index (χ1n) is 5.60. The lowest BCUT2D eigenvalue weighted by Gasteiger charge is -2.16. The van der Waals surface area contributed by atoms with Crippen molar-refractivity contribution >= 4 is 5.78 Å². The highest BCUT2D eigenvalue weighted by Crippen LogP contribution is 2.36. The quantitative estimate of drug-likeness (QED) is 0.646. The standard InChI is InChI=1S/C13H14O2/c1-8-7-11-9-3-2-4-12(14)10(9)5-6-13(11)15-8/h5-6,8H,2-4,7H2,1H3. The van der Waals surface area contributed by atoms with Crippen LogP contribution in [0.1, 0.15) is 41.3 Å². The summed E-state index contributed by atoms with van der Waals surface area (Å²) in [6.07, 6.45) is 3.98. The highest BCUT2D eigenvalue weighted by atomic mass is 16.5. The first kappa shape index (κ1) is 8.96. The van der Waals surface area contributed by atoms with Gasteiger partial charge in [-0.05, 0) is 37.5 Å². The number of fused-ring (bicyclic) bond motifs is 3. The maximum Gasteiger partial charge on any atom is 0.163 e. The van der Waals surface area contributed by atoms with E-state index in [9.17, 15) is 4.79 Å². The van der Waals surface area contributed by atoms with Gasteiger partial charge in [-0.25, -0.2) is 0 Å². The van der Waals surface area contributed by atoms with Crippen molar-refractivity contribution in [2.24, 2.45) is 0 Å². The van der Waals surface area contributed by atoms with Crippen LogP contribution in [-0.2, 0) is 12.8 Å². The minimum Gasteiger partial charge on any atom is -0.490 e. The van der Waals surface area contributed by atoms with Gasteiger partial charge in [-0.2, -0.15) is 0 Å². The molecule has 1 aromatic carbocycles. The molecule has 1 aliphatic carbocycles. The van der Waals surface area contributed by atoms with Crippen LogP contribution in [-0.4, -0.2) is 11.9 Å². The van der Waals surface area contributed by atoms with Gasteiger partial charge in [0.15, 0.2) is 5.78 Å². The summed E-state index contributed by atoms with van der Waals surface area (Å²) in [7, 11) is 0. The van der Waals surface area contributed by atoms with Gasteiger partial charge in [-0.3, -0.25) is 4.79 Å². The summed E-state index contributed by atoms with van der Waals surface area (Å²) in [5.74, 6) is 1.30. The SMILES string of the molecule is CC1Cc2c(ccc3c2CCCC3=O)O1. The van der Waals surface area contributed by atoms with Crippen LogP contribution in [0.5, 0.6) is 5.75 Å².